The van der Waals surface area contributed by atoms with Gasteiger partial charge in [-0.05, 0) is 19.8 Å². The molecule has 1 N–H and O–H groups in total. The SMILES string of the molecule is CC1CCCCN1S(=O)(=O)N(C)CCO. The summed E-state index contributed by atoms with van der Waals surface area (Å²) in [6.07, 6.45) is 2.94. The Morgan fingerprint density at radius 2 is 2.13 bits per heavy atom. The fraction of sp³-hybridized carbons (Fsp3) is 1.00. The van der Waals surface area contributed by atoms with Gasteiger partial charge in [0, 0.05) is 26.2 Å². The Hall–Kier alpha value is -0.170. The molecule has 5 nitrogen and oxygen atoms in total. The van der Waals surface area contributed by atoms with Crippen LogP contribution in [0.5, 0.6) is 0 Å². The summed E-state index contributed by atoms with van der Waals surface area (Å²) in [6.45, 7) is 2.55. The Kier molecular flexibility index (Phi) is 4.51. The second kappa shape index (κ2) is 5.25. The largest absolute Gasteiger partial charge is 0.395 e. The maximum Gasteiger partial charge on any atom is 0.282 e. The summed E-state index contributed by atoms with van der Waals surface area (Å²) in [5, 5.41) is 8.74. The predicted octanol–water partition coefficient (Wildman–Crippen LogP) is 0.0297. The molecule has 0 spiro atoms. The minimum absolute atomic E-state index is 0.0740. The van der Waals surface area contributed by atoms with Crippen LogP contribution in [0.4, 0.5) is 0 Å². The molecule has 1 atom stereocenters. The molecule has 15 heavy (non-hydrogen) atoms. The molecule has 0 amide bonds. The molecule has 1 saturated heterocycles. The molecule has 1 aliphatic rings. The van der Waals surface area contributed by atoms with Crippen molar-refractivity contribution in [1.82, 2.24) is 8.61 Å². The van der Waals surface area contributed by atoms with Gasteiger partial charge in [-0.15, -0.1) is 0 Å². The first-order valence-corrected chi connectivity index (χ1v) is 6.74. The summed E-state index contributed by atoms with van der Waals surface area (Å²) in [7, 11) is -1.86. The summed E-state index contributed by atoms with van der Waals surface area (Å²) in [4.78, 5) is 0. The molecular weight excluding hydrogens is 216 g/mol. The highest BCUT2D eigenvalue weighted by atomic mass is 32.2. The molecule has 0 bridgehead atoms. The molecule has 0 saturated carbocycles. The molecule has 1 fully saturated rings. The molecule has 6 heteroatoms. The van der Waals surface area contributed by atoms with Gasteiger partial charge in [0.05, 0.1) is 6.61 Å². The molecule has 0 aromatic carbocycles. The van der Waals surface area contributed by atoms with Crippen molar-refractivity contribution in [2.75, 3.05) is 26.7 Å². The van der Waals surface area contributed by atoms with E-state index in [4.69, 9.17) is 5.11 Å². The van der Waals surface area contributed by atoms with E-state index in [9.17, 15) is 8.42 Å². The van der Waals surface area contributed by atoms with Crippen LogP contribution in [0, 0.1) is 0 Å². The normalized spacial score (nSPS) is 24.7. The molecule has 0 aromatic heterocycles. The van der Waals surface area contributed by atoms with Crippen LogP contribution < -0.4 is 0 Å². The molecule has 0 aromatic rings. The first-order chi connectivity index (χ1) is 7.00. The van der Waals surface area contributed by atoms with E-state index in [0.717, 1.165) is 19.3 Å². The van der Waals surface area contributed by atoms with Gasteiger partial charge >= 0.3 is 0 Å². The van der Waals surface area contributed by atoms with E-state index in [1.807, 2.05) is 6.92 Å². The van der Waals surface area contributed by atoms with Crippen molar-refractivity contribution in [3.8, 4) is 0 Å². The Labute approximate surface area is 91.9 Å². The number of hydrogen-bond donors (Lipinski definition) is 1. The molecule has 1 heterocycles. The number of aliphatic hydroxyl groups is 1. The van der Waals surface area contributed by atoms with Gasteiger partial charge in [-0.2, -0.15) is 17.0 Å². The highest BCUT2D eigenvalue weighted by Gasteiger charge is 2.32. The molecular formula is C9H20N2O3S. The van der Waals surface area contributed by atoms with Crippen LogP contribution in [0.25, 0.3) is 0 Å². The van der Waals surface area contributed by atoms with Crippen LogP contribution in [-0.4, -0.2) is 54.9 Å². The summed E-state index contributed by atoms with van der Waals surface area (Å²) >= 11 is 0. The summed E-state index contributed by atoms with van der Waals surface area (Å²) < 4.78 is 26.8. The lowest BCUT2D eigenvalue weighted by molar-refractivity contribution is 0.230. The fourth-order valence-corrected chi connectivity index (χ4v) is 3.44. The minimum Gasteiger partial charge on any atom is -0.395 e. The maximum atomic E-state index is 12.0. The average Bonchev–Trinajstić information content (AvgIpc) is 2.18. The van der Waals surface area contributed by atoms with Gasteiger partial charge in [0.2, 0.25) is 0 Å². The van der Waals surface area contributed by atoms with E-state index in [1.54, 1.807) is 0 Å². The van der Waals surface area contributed by atoms with E-state index in [1.165, 1.54) is 15.7 Å². The zero-order valence-corrected chi connectivity index (χ0v) is 10.2. The van der Waals surface area contributed by atoms with E-state index < -0.39 is 10.2 Å². The van der Waals surface area contributed by atoms with Crippen molar-refractivity contribution in [3.63, 3.8) is 0 Å². The number of likely N-dealkylation sites (N-methyl/N-ethyl adjacent to an activating group) is 1. The van der Waals surface area contributed by atoms with Crippen molar-refractivity contribution in [2.45, 2.75) is 32.2 Å². The van der Waals surface area contributed by atoms with Crippen LogP contribution in [-0.2, 0) is 10.2 Å². The lowest BCUT2D eigenvalue weighted by Gasteiger charge is -2.34. The number of nitrogens with zero attached hydrogens (tertiary/aromatic N) is 2. The zero-order valence-electron chi connectivity index (χ0n) is 9.39. The third-order valence-electron chi connectivity index (χ3n) is 2.85. The Morgan fingerprint density at radius 3 is 2.67 bits per heavy atom. The molecule has 1 aliphatic heterocycles. The van der Waals surface area contributed by atoms with E-state index in [-0.39, 0.29) is 19.2 Å². The highest BCUT2D eigenvalue weighted by Crippen LogP contribution is 2.21. The molecule has 0 aliphatic carbocycles. The number of rotatable bonds is 4. The average molecular weight is 236 g/mol. The third-order valence-corrected chi connectivity index (χ3v) is 4.95. The van der Waals surface area contributed by atoms with Gasteiger partial charge in [-0.3, -0.25) is 0 Å². The van der Waals surface area contributed by atoms with Gasteiger partial charge in [-0.25, -0.2) is 0 Å². The zero-order chi connectivity index (χ0) is 11.5. The van der Waals surface area contributed by atoms with Gasteiger partial charge in [-0.1, -0.05) is 6.42 Å². The summed E-state index contributed by atoms with van der Waals surface area (Å²) in [5.41, 5.74) is 0. The van der Waals surface area contributed by atoms with E-state index in [2.05, 4.69) is 0 Å². The first-order valence-electron chi connectivity index (χ1n) is 5.34. The molecule has 1 unspecified atom stereocenters. The Balaban J connectivity index is 2.75. The van der Waals surface area contributed by atoms with Gasteiger partial charge in [0.1, 0.15) is 0 Å². The monoisotopic (exact) mass is 236 g/mol. The number of aliphatic hydroxyl groups excluding tert-OH is 1. The van der Waals surface area contributed by atoms with Crippen molar-refractivity contribution >= 4 is 10.2 Å². The Morgan fingerprint density at radius 1 is 1.47 bits per heavy atom. The Bertz CT molecular complexity index is 292. The van der Waals surface area contributed by atoms with Gasteiger partial charge in [0.15, 0.2) is 0 Å². The highest BCUT2D eigenvalue weighted by molar-refractivity contribution is 7.86. The van der Waals surface area contributed by atoms with Crippen molar-refractivity contribution in [1.29, 1.82) is 0 Å². The maximum absolute atomic E-state index is 12.0. The lowest BCUT2D eigenvalue weighted by atomic mass is 10.1. The molecule has 1 rings (SSSR count). The lowest BCUT2D eigenvalue weighted by Crippen LogP contribution is -2.49. The topological polar surface area (TPSA) is 60.9 Å². The van der Waals surface area contributed by atoms with Crippen LogP contribution in [0.1, 0.15) is 26.2 Å². The van der Waals surface area contributed by atoms with Crippen LogP contribution >= 0.6 is 0 Å². The standard InChI is InChI=1S/C9H20N2O3S/c1-9-5-3-4-6-11(9)15(13,14)10(2)7-8-12/h9,12H,3-8H2,1-2H3. The number of hydrogen-bond acceptors (Lipinski definition) is 3. The minimum atomic E-state index is -3.37. The number of piperidine rings is 1. The van der Waals surface area contributed by atoms with Crippen molar-refractivity contribution < 1.29 is 13.5 Å². The predicted molar refractivity (Wildman–Crippen MR) is 58.7 cm³/mol. The van der Waals surface area contributed by atoms with Gasteiger partial charge in [0.25, 0.3) is 10.2 Å². The quantitative estimate of drug-likeness (QED) is 0.749. The first kappa shape index (κ1) is 12.9. The fourth-order valence-electron chi connectivity index (χ4n) is 1.85. The van der Waals surface area contributed by atoms with E-state index in [0.29, 0.717) is 6.54 Å². The van der Waals surface area contributed by atoms with Gasteiger partial charge < -0.3 is 5.11 Å². The molecule has 0 radical (unpaired) electrons. The van der Waals surface area contributed by atoms with Crippen molar-refractivity contribution in [3.05, 3.63) is 0 Å². The van der Waals surface area contributed by atoms with Crippen LogP contribution in [0.15, 0.2) is 0 Å². The van der Waals surface area contributed by atoms with Crippen LogP contribution in [0.3, 0.4) is 0 Å². The molecule has 90 valence electrons. The smallest absolute Gasteiger partial charge is 0.282 e. The summed E-state index contributed by atoms with van der Waals surface area (Å²) in [5.74, 6) is 0. The second-order valence-electron chi connectivity index (χ2n) is 4.01. The van der Waals surface area contributed by atoms with Crippen molar-refractivity contribution in [2.24, 2.45) is 0 Å². The summed E-state index contributed by atoms with van der Waals surface area (Å²) in [6, 6.07) is 0.0740. The third kappa shape index (κ3) is 2.90. The van der Waals surface area contributed by atoms with E-state index >= 15 is 0 Å². The van der Waals surface area contributed by atoms with Crippen LogP contribution in [0.2, 0.25) is 0 Å². The second-order valence-corrected chi connectivity index (χ2v) is 6.00.